The predicted molar refractivity (Wildman–Crippen MR) is 81.7 cm³/mol. The van der Waals surface area contributed by atoms with Crippen molar-refractivity contribution in [3.63, 3.8) is 0 Å². The smallest absolute Gasteiger partial charge is 0.0645 e. The van der Waals surface area contributed by atoms with Gasteiger partial charge in [-0.2, -0.15) is 0 Å². The van der Waals surface area contributed by atoms with Crippen LogP contribution in [0, 0.1) is 0 Å². The maximum Gasteiger partial charge on any atom is 0.141 e. The monoisotopic (exact) mass is 362 g/mol. The van der Waals surface area contributed by atoms with E-state index in [1.54, 1.807) is 19.4 Å². The van der Waals surface area contributed by atoms with Gasteiger partial charge >= 0.3 is 0 Å². The molecule has 1 aliphatic heterocycles. The van der Waals surface area contributed by atoms with Crippen molar-refractivity contribution in [2.24, 2.45) is 0 Å². The van der Waals surface area contributed by atoms with E-state index in [4.69, 9.17) is 0 Å². The molecule has 0 saturated heterocycles. The molecule has 0 nitrogen and oxygen atoms in total. The Labute approximate surface area is 117 Å². The molecule has 16 heavy (non-hydrogen) atoms. The first-order chi connectivity index (χ1) is 7.44. The molecule has 1 fully saturated rings. The molecule has 0 spiro atoms. The van der Waals surface area contributed by atoms with Crippen molar-refractivity contribution in [3.05, 3.63) is 19.4 Å². The average Bonchev–Trinajstić information content (AvgIpc) is 2.70. The molecule has 0 aromatic carbocycles. The zero-order chi connectivity index (χ0) is 12.1. The molecule has 1 aliphatic carbocycles. The quantitative estimate of drug-likeness (QED) is 0.541. The third kappa shape index (κ3) is 1.50. The standard InChI is InChI=1S/C13H20Br2Si/c1-8(2)16(9(3)4)12(14)10-6-5-7-11(10)13(16)15/h8-9H,5-7H2,1-4H3. The minimum absolute atomic E-state index is 0.766. The second-order valence-corrected chi connectivity index (χ2v) is 13.7. The molecular weight excluding hydrogens is 344 g/mol. The number of hydrogen-bond acceptors (Lipinski definition) is 0. The first-order valence-electron chi connectivity index (χ1n) is 6.22. The van der Waals surface area contributed by atoms with Crippen LogP contribution in [0.3, 0.4) is 0 Å². The Hall–Kier alpha value is 0.657. The summed E-state index contributed by atoms with van der Waals surface area (Å²) in [6.07, 6.45) is 3.92. The van der Waals surface area contributed by atoms with Crippen LogP contribution in [0.2, 0.25) is 11.1 Å². The lowest BCUT2D eigenvalue weighted by atomic mass is 10.2. The molecule has 2 rings (SSSR count). The van der Waals surface area contributed by atoms with Gasteiger partial charge in [0.15, 0.2) is 0 Å². The first kappa shape index (κ1) is 13.1. The number of rotatable bonds is 2. The highest BCUT2D eigenvalue weighted by molar-refractivity contribution is 9.14. The maximum absolute atomic E-state index is 3.98. The summed E-state index contributed by atoms with van der Waals surface area (Å²) in [6.45, 7) is 9.60. The van der Waals surface area contributed by atoms with Gasteiger partial charge in [0.2, 0.25) is 0 Å². The van der Waals surface area contributed by atoms with Crippen LogP contribution >= 0.6 is 31.9 Å². The highest BCUT2D eigenvalue weighted by Gasteiger charge is 2.52. The highest BCUT2D eigenvalue weighted by Crippen LogP contribution is 2.58. The van der Waals surface area contributed by atoms with E-state index in [-0.39, 0.29) is 0 Å². The topological polar surface area (TPSA) is 0 Å². The van der Waals surface area contributed by atoms with Crippen molar-refractivity contribution in [1.29, 1.82) is 0 Å². The Morgan fingerprint density at radius 2 is 1.25 bits per heavy atom. The fourth-order valence-corrected chi connectivity index (χ4v) is 17.0. The number of hydrogen-bond donors (Lipinski definition) is 0. The summed E-state index contributed by atoms with van der Waals surface area (Å²) in [7, 11) is -1.50. The van der Waals surface area contributed by atoms with Crippen molar-refractivity contribution >= 4 is 39.9 Å². The second kappa shape index (κ2) is 4.40. The largest absolute Gasteiger partial charge is 0.141 e. The predicted octanol–water partition coefficient (Wildman–Crippen LogP) is 5.83. The molecule has 0 aromatic rings. The van der Waals surface area contributed by atoms with Crippen molar-refractivity contribution in [2.45, 2.75) is 58.0 Å². The van der Waals surface area contributed by atoms with Gasteiger partial charge in [-0.3, -0.25) is 0 Å². The molecule has 0 radical (unpaired) electrons. The molecule has 0 N–H and O–H groups in total. The molecule has 0 amide bonds. The van der Waals surface area contributed by atoms with E-state index in [2.05, 4.69) is 59.6 Å². The van der Waals surface area contributed by atoms with E-state index >= 15 is 0 Å². The fourth-order valence-electron chi connectivity index (χ4n) is 3.50. The normalized spacial score (nSPS) is 24.0. The summed E-state index contributed by atoms with van der Waals surface area (Å²) < 4.78 is 3.20. The zero-order valence-corrected chi connectivity index (χ0v) is 14.7. The van der Waals surface area contributed by atoms with Crippen molar-refractivity contribution in [1.82, 2.24) is 0 Å². The summed E-state index contributed by atoms with van der Waals surface area (Å²) >= 11 is 7.96. The van der Waals surface area contributed by atoms with Gasteiger partial charge in [-0.15, -0.1) is 0 Å². The van der Waals surface area contributed by atoms with Crippen LogP contribution in [0.25, 0.3) is 0 Å². The van der Waals surface area contributed by atoms with Crippen molar-refractivity contribution in [2.75, 3.05) is 0 Å². The summed E-state index contributed by atoms with van der Waals surface area (Å²) in [5.41, 5.74) is 4.84. The first-order valence-corrected chi connectivity index (χ1v) is 9.96. The SMILES string of the molecule is CC(C)[Si]1(C(C)C)C(Br)=C2CCCC2=C1Br. The number of halogens is 2. The van der Waals surface area contributed by atoms with Gasteiger partial charge in [-0.05, 0) is 49.7 Å². The maximum atomic E-state index is 3.98. The molecule has 1 heterocycles. The van der Waals surface area contributed by atoms with Crippen LogP contribution in [0.4, 0.5) is 0 Å². The van der Waals surface area contributed by atoms with E-state index in [1.165, 1.54) is 19.3 Å². The molecule has 1 saturated carbocycles. The Kier molecular flexibility index (Phi) is 3.60. The molecule has 3 heteroatoms. The van der Waals surface area contributed by atoms with E-state index in [0.717, 1.165) is 11.1 Å². The molecule has 0 bridgehead atoms. The Bertz CT molecular complexity index is 341. The van der Waals surface area contributed by atoms with Crippen LogP contribution < -0.4 is 0 Å². The summed E-state index contributed by atoms with van der Waals surface area (Å²) in [5, 5.41) is 0. The van der Waals surface area contributed by atoms with Crippen LogP contribution in [-0.2, 0) is 0 Å². The lowest BCUT2D eigenvalue weighted by molar-refractivity contribution is 0.906. The van der Waals surface area contributed by atoms with E-state index in [1.807, 2.05) is 0 Å². The van der Waals surface area contributed by atoms with Gasteiger partial charge in [-0.1, -0.05) is 59.6 Å². The van der Waals surface area contributed by atoms with Crippen LogP contribution in [0.15, 0.2) is 19.4 Å². The minimum Gasteiger partial charge on any atom is -0.0645 e. The summed E-state index contributed by atoms with van der Waals surface area (Å²) in [5.74, 6) is 0. The Morgan fingerprint density at radius 3 is 1.56 bits per heavy atom. The summed E-state index contributed by atoms with van der Waals surface area (Å²) in [6, 6.07) is 0. The van der Waals surface area contributed by atoms with Gasteiger partial charge in [0.05, 0.1) is 0 Å². The number of fused-ring (bicyclic) bond motifs is 1. The van der Waals surface area contributed by atoms with E-state index in [9.17, 15) is 0 Å². The van der Waals surface area contributed by atoms with E-state index in [0.29, 0.717) is 0 Å². The van der Waals surface area contributed by atoms with Crippen LogP contribution in [0.1, 0.15) is 47.0 Å². The highest BCUT2D eigenvalue weighted by atomic mass is 79.9. The van der Waals surface area contributed by atoms with Gasteiger partial charge in [0.25, 0.3) is 0 Å². The van der Waals surface area contributed by atoms with Gasteiger partial charge < -0.3 is 0 Å². The average molecular weight is 364 g/mol. The second-order valence-electron chi connectivity index (χ2n) is 5.62. The van der Waals surface area contributed by atoms with Crippen molar-refractivity contribution < 1.29 is 0 Å². The van der Waals surface area contributed by atoms with Gasteiger partial charge in [-0.25, -0.2) is 0 Å². The Balaban J connectivity index is 2.62. The van der Waals surface area contributed by atoms with Gasteiger partial charge in [0, 0.05) is 0 Å². The lowest BCUT2D eigenvalue weighted by Crippen LogP contribution is -2.41. The third-order valence-corrected chi connectivity index (χ3v) is 14.9. The summed E-state index contributed by atoms with van der Waals surface area (Å²) in [4.78, 5) is 0. The molecular formula is C13H20Br2Si. The molecule has 0 atom stereocenters. The third-order valence-electron chi connectivity index (χ3n) is 4.30. The van der Waals surface area contributed by atoms with Crippen LogP contribution in [-0.4, -0.2) is 8.07 Å². The van der Waals surface area contributed by atoms with Crippen LogP contribution in [0.5, 0.6) is 0 Å². The van der Waals surface area contributed by atoms with Gasteiger partial charge in [0.1, 0.15) is 8.07 Å². The lowest BCUT2D eigenvalue weighted by Gasteiger charge is -2.37. The molecule has 90 valence electrons. The molecule has 2 aliphatic rings. The molecule has 0 unspecified atom stereocenters. The van der Waals surface area contributed by atoms with Crippen molar-refractivity contribution in [3.8, 4) is 0 Å². The fraction of sp³-hybridized carbons (Fsp3) is 0.692. The Morgan fingerprint density at radius 1 is 0.875 bits per heavy atom. The molecule has 0 aromatic heterocycles. The number of allylic oxidation sites excluding steroid dienone is 2. The van der Waals surface area contributed by atoms with E-state index < -0.39 is 8.07 Å². The minimum atomic E-state index is -1.50. The zero-order valence-electron chi connectivity index (χ0n) is 10.5.